The minimum absolute atomic E-state index is 0.0117. The van der Waals surface area contributed by atoms with Crippen LogP contribution in [0.5, 0.6) is 23.1 Å². The van der Waals surface area contributed by atoms with E-state index in [0.717, 1.165) is 4.88 Å². The SMILES string of the molecule is O=C(O)COc1ccccc1Cn1nc(-c2cccs2)c(Cc2cc3c(cc2Cl)OCO3)c1OC(=O)O. The van der Waals surface area contributed by atoms with E-state index in [1.165, 1.54) is 16.0 Å². The number of aliphatic carboxylic acids is 1. The van der Waals surface area contributed by atoms with Crippen LogP contribution in [0.3, 0.4) is 0 Å². The molecule has 0 amide bonds. The summed E-state index contributed by atoms with van der Waals surface area (Å²) in [6, 6.07) is 14.0. The quantitative estimate of drug-likeness (QED) is 0.276. The van der Waals surface area contributed by atoms with Crippen LogP contribution in [0.15, 0.2) is 53.9 Å². The fraction of sp³-hybridized carbons (Fsp3) is 0.160. The molecule has 0 fully saturated rings. The van der Waals surface area contributed by atoms with Gasteiger partial charge in [-0.3, -0.25) is 0 Å². The maximum Gasteiger partial charge on any atom is 0.512 e. The summed E-state index contributed by atoms with van der Waals surface area (Å²) in [6.45, 7) is -0.376. The van der Waals surface area contributed by atoms with Gasteiger partial charge in [0.15, 0.2) is 18.1 Å². The van der Waals surface area contributed by atoms with Crippen molar-refractivity contribution < 1.29 is 38.7 Å². The number of fused-ring (bicyclic) bond motifs is 1. The zero-order valence-electron chi connectivity index (χ0n) is 19.0. The molecule has 0 aliphatic carbocycles. The van der Waals surface area contributed by atoms with Crippen LogP contribution in [-0.4, -0.2) is 45.5 Å². The second-order valence-electron chi connectivity index (χ2n) is 7.90. The van der Waals surface area contributed by atoms with Crippen molar-refractivity contribution in [2.75, 3.05) is 13.4 Å². The molecule has 190 valence electrons. The number of aromatic nitrogens is 2. The molecular weight excluding hydrogens is 524 g/mol. The van der Waals surface area contributed by atoms with Gasteiger partial charge in [0.2, 0.25) is 12.7 Å². The molecule has 3 heterocycles. The number of carboxylic acids is 1. The number of thiophene rings is 1. The second-order valence-corrected chi connectivity index (χ2v) is 9.25. The van der Waals surface area contributed by atoms with E-state index in [0.29, 0.717) is 44.7 Å². The van der Waals surface area contributed by atoms with E-state index in [4.69, 9.17) is 40.8 Å². The average molecular weight is 543 g/mol. The summed E-state index contributed by atoms with van der Waals surface area (Å²) in [4.78, 5) is 23.5. The molecule has 37 heavy (non-hydrogen) atoms. The molecule has 12 heteroatoms. The zero-order valence-corrected chi connectivity index (χ0v) is 20.6. The Morgan fingerprint density at radius 2 is 1.86 bits per heavy atom. The van der Waals surface area contributed by atoms with Crippen LogP contribution >= 0.6 is 22.9 Å². The van der Waals surface area contributed by atoms with Gasteiger partial charge >= 0.3 is 12.1 Å². The third-order valence-electron chi connectivity index (χ3n) is 5.49. The van der Waals surface area contributed by atoms with Crippen LogP contribution < -0.4 is 18.9 Å². The first-order chi connectivity index (χ1) is 17.9. The van der Waals surface area contributed by atoms with Crippen molar-refractivity contribution in [1.29, 1.82) is 0 Å². The van der Waals surface area contributed by atoms with E-state index < -0.39 is 18.7 Å². The highest BCUT2D eigenvalue weighted by atomic mass is 35.5. The van der Waals surface area contributed by atoms with Gasteiger partial charge in [-0.2, -0.15) is 5.10 Å². The largest absolute Gasteiger partial charge is 0.512 e. The molecule has 10 nitrogen and oxygen atoms in total. The first-order valence-electron chi connectivity index (χ1n) is 10.9. The summed E-state index contributed by atoms with van der Waals surface area (Å²) < 4.78 is 23.0. The average Bonchev–Trinajstić information content (AvgIpc) is 3.61. The molecule has 0 unspecified atom stereocenters. The Balaban J connectivity index is 1.60. The lowest BCUT2D eigenvalue weighted by Crippen LogP contribution is -2.14. The maximum atomic E-state index is 11.7. The molecule has 2 aromatic carbocycles. The third kappa shape index (κ3) is 5.32. The lowest BCUT2D eigenvalue weighted by molar-refractivity contribution is -0.139. The number of halogens is 1. The highest BCUT2D eigenvalue weighted by Gasteiger charge is 2.26. The number of nitrogens with zero attached hydrogens (tertiary/aromatic N) is 2. The van der Waals surface area contributed by atoms with Crippen molar-refractivity contribution >= 4 is 35.1 Å². The molecule has 1 aliphatic heterocycles. The fourth-order valence-corrected chi connectivity index (χ4v) is 4.88. The minimum Gasteiger partial charge on any atom is -0.482 e. The number of para-hydroxylation sites is 1. The lowest BCUT2D eigenvalue weighted by atomic mass is 10.0. The van der Waals surface area contributed by atoms with Gasteiger partial charge in [0.25, 0.3) is 0 Å². The number of ether oxygens (including phenoxy) is 4. The number of hydrogen-bond donors (Lipinski definition) is 2. The van der Waals surface area contributed by atoms with Crippen molar-refractivity contribution in [2.24, 2.45) is 0 Å². The summed E-state index contributed by atoms with van der Waals surface area (Å²) in [5, 5.41) is 25.6. The van der Waals surface area contributed by atoms with Crippen LogP contribution in [-0.2, 0) is 17.8 Å². The first kappa shape index (κ1) is 24.5. The van der Waals surface area contributed by atoms with Crippen LogP contribution in [0.2, 0.25) is 5.02 Å². The molecular formula is C25H19ClN2O8S. The molecule has 2 N–H and O–H groups in total. The van der Waals surface area contributed by atoms with E-state index in [1.807, 2.05) is 17.5 Å². The number of carbonyl (C=O) groups is 2. The molecule has 0 radical (unpaired) electrons. The van der Waals surface area contributed by atoms with Crippen molar-refractivity contribution in [1.82, 2.24) is 9.78 Å². The van der Waals surface area contributed by atoms with Gasteiger partial charge in [0, 0.05) is 28.6 Å². The van der Waals surface area contributed by atoms with E-state index in [1.54, 1.807) is 36.4 Å². The third-order valence-corrected chi connectivity index (χ3v) is 6.72. The van der Waals surface area contributed by atoms with Gasteiger partial charge in [-0.1, -0.05) is 35.9 Å². The Morgan fingerprint density at radius 3 is 2.59 bits per heavy atom. The predicted octanol–water partition coefficient (Wildman–Crippen LogP) is 5.15. The zero-order chi connectivity index (χ0) is 25.9. The van der Waals surface area contributed by atoms with Crippen molar-refractivity contribution in [2.45, 2.75) is 13.0 Å². The highest BCUT2D eigenvalue weighted by Crippen LogP contribution is 2.41. The Hall–Kier alpha value is -4.22. The smallest absolute Gasteiger partial charge is 0.482 e. The molecule has 4 aromatic rings. The Kier molecular flexibility index (Phi) is 6.89. The van der Waals surface area contributed by atoms with Crippen LogP contribution in [0.4, 0.5) is 4.79 Å². The molecule has 1 aliphatic rings. The summed E-state index contributed by atoms with van der Waals surface area (Å²) in [5.41, 5.74) is 2.30. The van der Waals surface area contributed by atoms with Crippen molar-refractivity contribution in [3.63, 3.8) is 0 Å². The Morgan fingerprint density at radius 1 is 1.08 bits per heavy atom. The molecule has 0 bridgehead atoms. The standard InChI is InChI=1S/C25H19ClN2O8S/c26-17-10-20-19(34-13-35-20)9-15(17)8-16-23(21-6-3-7-37-21)27-28(24(16)36-25(31)32)11-14-4-1-2-5-18(14)33-12-22(29)30/h1-7,9-10H,8,11-13H2,(H,29,30)(H,31,32). The normalized spacial score (nSPS) is 11.9. The predicted molar refractivity (Wildman–Crippen MR) is 133 cm³/mol. The van der Waals surface area contributed by atoms with Crippen molar-refractivity contribution in [3.8, 4) is 33.7 Å². The van der Waals surface area contributed by atoms with Crippen LogP contribution in [0.25, 0.3) is 10.6 Å². The first-order valence-corrected chi connectivity index (χ1v) is 12.2. The summed E-state index contributed by atoms with van der Waals surface area (Å²) in [7, 11) is 0. The Bertz CT molecular complexity index is 1470. The van der Waals surface area contributed by atoms with Gasteiger partial charge in [0.1, 0.15) is 11.4 Å². The summed E-state index contributed by atoms with van der Waals surface area (Å²) in [6.07, 6.45) is -1.31. The van der Waals surface area contributed by atoms with Gasteiger partial charge in [-0.15, -0.1) is 11.3 Å². The second kappa shape index (κ2) is 10.4. The molecule has 0 atom stereocenters. The number of carboxylic acid groups (broad SMARTS) is 2. The maximum absolute atomic E-state index is 11.7. The molecule has 0 saturated heterocycles. The molecule has 5 rings (SSSR count). The topological polar surface area (TPSA) is 129 Å². The number of benzene rings is 2. The van der Waals surface area contributed by atoms with E-state index >= 15 is 0 Å². The van der Waals surface area contributed by atoms with Gasteiger partial charge in [0.05, 0.1) is 11.4 Å². The number of rotatable bonds is 9. The van der Waals surface area contributed by atoms with E-state index in [9.17, 15) is 14.7 Å². The molecule has 2 aromatic heterocycles. The summed E-state index contributed by atoms with van der Waals surface area (Å²) >= 11 is 7.97. The fourth-order valence-electron chi connectivity index (χ4n) is 3.92. The summed E-state index contributed by atoms with van der Waals surface area (Å²) in [5.74, 6) is 0.293. The van der Waals surface area contributed by atoms with Crippen LogP contribution in [0.1, 0.15) is 16.7 Å². The van der Waals surface area contributed by atoms with E-state index in [-0.39, 0.29) is 25.6 Å². The Labute approximate surface area is 219 Å². The van der Waals surface area contributed by atoms with E-state index in [2.05, 4.69) is 0 Å². The molecule has 0 saturated carbocycles. The van der Waals surface area contributed by atoms with Gasteiger partial charge < -0.3 is 29.2 Å². The van der Waals surface area contributed by atoms with Crippen molar-refractivity contribution in [3.05, 3.63) is 75.6 Å². The lowest BCUT2D eigenvalue weighted by Gasteiger charge is -2.12. The van der Waals surface area contributed by atoms with Gasteiger partial charge in [-0.05, 0) is 29.1 Å². The minimum atomic E-state index is -1.51. The molecule has 0 spiro atoms. The van der Waals surface area contributed by atoms with Crippen LogP contribution in [0, 0.1) is 0 Å². The monoisotopic (exact) mass is 542 g/mol. The number of hydrogen-bond acceptors (Lipinski definition) is 8. The highest BCUT2D eigenvalue weighted by molar-refractivity contribution is 7.13. The van der Waals surface area contributed by atoms with Gasteiger partial charge in [-0.25, -0.2) is 14.3 Å².